The van der Waals surface area contributed by atoms with Gasteiger partial charge in [0, 0.05) is 31.4 Å². The van der Waals surface area contributed by atoms with Gasteiger partial charge in [-0.1, -0.05) is 52.5 Å². The van der Waals surface area contributed by atoms with Gasteiger partial charge in [-0.3, -0.25) is 9.69 Å². The molecule has 8 heteroatoms. The van der Waals surface area contributed by atoms with Gasteiger partial charge >= 0.3 is 5.97 Å². The van der Waals surface area contributed by atoms with E-state index in [4.69, 9.17) is 51.1 Å². The summed E-state index contributed by atoms with van der Waals surface area (Å²) in [7, 11) is 1.24. The van der Waals surface area contributed by atoms with E-state index in [9.17, 15) is 9.59 Å². The summed E-state index contributed by atoms with van der Waals surface area (Å²) < 4.78 is 4.88. The van der Waals surface area contributed by atoms with Gasteiger partial charge in [-0.2, -0.15) is 0 Å². The Balaban J connectivity index is 2.22. The molecule has 0 saturated heterocycles. The van der Waals surface area contributed by atoms with Crippen LogP contribution in [0.1, 0.15) is 12.5 Å². The van der Waals surface area contributed by atoms with Gasteiger partial charge in [0.2, 0.25) is 0 Å². The van der Waals surface area contributed by atoms with Gasteiger partial charge in [0.15, 0.2) is 0 Å². The van der Waals surface area contributed by atoms with Crippen LogP contribution < -0.4 is 4.90 Å². The van der Waals surface area contributed by atoms with Crippen LogP contribution in [0.15, 0.2) is 53.2 Å². The fourth-order valence-corrected chi connectivity index (χ4v) is 3.97. The average molecular weight is 457 g/mol. The highest BCUT2D eigenvalue weighted by atomic mass is 35.5. The van der Waals surface area contributed by atoms with E-state index >= 15 is 0 Å². The van der Waals surface area contributed by atoms with Crippen molar-refractivity contribution in [3.63, 3.8) is 0 Å². The molecule has 2 aromatic carbocycles. The van der Waals surface area contributed by atoms with E-state index in [-0.39, 0.29) is 11.1 Å². The Bertz CT molecular complexity index is 1020. The van der Waals surface area contributed by atoms with Gasteiger partial charge in [-0.25, -0.2) is 4.79 Å². The molecule has 1 aliphatic heterocycles. The van der Waals surface area contributed by atoms with Crippen LogP contribution in [0.4, 0.5) is 5.69 Å². The number of esters is 1. The molecule has 0 spiro atoms. The van der Waals surface area contributed by atoms with Gasteiger partial charge < -0.3 is 4.74 Å². The Morgan fingerprint density at radius 2 is 1.61 bits per heavy atom. The van der Waals surface area contributed by atoms with Crippen molar-refractivity contribution >= 4 is 70.0 Å². The van der Waals surface area contributed by atoms with Gasteiger partial charge in [0.1, 0.15) is 0 Å². The molecule has 28 heavy (non-hydrogen) atoms. The summed E-state index contributed by atoms with van der Waals surface area (Å²) in [4.78, 5) is 27.0. The number of carbonyl (C=O) groups excluding carboxylic acids is 2. The molecule has 1 heterocycles. The van der Waals surface area contributed by atoms with E-state index in [1.807, 2.05) is 0 Å². The third-order valence-electron chi connectivity index (χ3n) is 4.18. The van der Waals surface area contributed by atoms with Gasteiger partial charge in [-0.15, -0.1) is 0 Å². The van der Waals surface area contributed by atoms with Crippen molar-refractivity contribution in [1.82, 2.24) is 0 Å². The lowest BCUT2D eigenvalue weighted by atomic mass is 10.0. The Kier molecular flexibility index (Phi) is 6.06. The number of nitrogens with zero attached hydrogens (tertiary/aromatic N) is 1. The number of hydrogen-bond donors (Lipinski definition) is 0. The van der Waals surface area contributed by atoms with E-state index in [2.05, 4.69) is 0 Å². The van der Waals surface area contributed by atoms with Gasteiger partial charge in [0.25, 0.3) is 5.91 Å². The molecule has 0 aliphatic carbocycles. The van der Waals surface area contributed by atoms with Crippen molar-refractivity contribution in [2.24, 2.45) is 0 Å². The fourth-order valence-electron chi connectivity index (χ4n) is 2.95. The molecule has 0 fully saturated rings. The Morgan fingerprint density at radius 1 is 1.04 bits per heavy atom. The zero-order valence-electron chi connectivity index (χ0n) is 14.7. The number of anilines is 1. The summed E-state index contributed by atoms with van der Waals surface area (Å²) in [6.45, 7) is 1.63. The molecular weight excluding hydrogens is 444 g/mol. The smallest absolute Gasteiger partial charge is 0.340 e. The third kappa shape index (κ3) is 3.78. The molecule has 1 aliphatic rings. The van der Waals surface area contributed by atoms with Crippen molar-refractivity contribution in [3.8, 4) is 0 Å². The van der Waals surface area contributed by atoms with Crippen LogP contribution in [0.2, 0.25) is 20.1 Å². The number of ether oxygens (including phenoxy) is 1. The number of rotatable bonds is 3. The molecule has 0 unspecified atom stereocenters. The second kappa shape index (κ2) is 8.18. The molecule has 1 amide bonds. The first kappa shape index (κ1) is 20.7. The number of benzene rings is 2. The van der Waals surface area contributed by atoms with Crippen LogP contribution in [0.3, 0.4) is 0 Å². The molecule has 0 N–H and O–H groups in total. The predicted octanol–water partition coefficient (Wildman–Crippen LogP) is 6.18. The number of allylic oxidation sites excluding steroid dienone is 1. The van der Waals surface area contributed by atoms with Crippen LogP contribution in [-0.2, 0) is 14.3 Å². The molecule has 3 rings (SSSR count). The summed E-state index contributed by atoms with van der Waals surface area (Å²) in [6, 6.07) is 9.67. The highest BCUT2D eigenvalue weighted by Crippen LogP contribution is 2.38. The fraction of sp³-hybridized carbons (Fsp3) is 0.100. The topological polar surface area (TPSA) is 46.6 Å². The monoisotopic (exact) mass is 455 g/mol. The van der Waals surface area contributed by atoms with Gasteiger partial charge in [-0.05, 0) is 43.3 Å². The number of carbonyl (C=O) groups is 2. The molecule has 0 bridgehead atoms. The molecule has 0 radical (unpaired) electrons. The molecule has 0 aromatic heterocycles. The van der Waals surface area contributed by atoms with Crippen molar-refractivity contribution in [2.75, 3.05) is 12.0 Å². The molecule has 4 nitrogen and oxygen atoms in total. The van der Waals surface area contributed by atoms with Crippen LogP contribution in [-0.4, -0.2) is 19.0 Å². The maximum atomic E-state index is 13.2. The summed E-state index contributed by atoms with van der Waals surface area (Å²) in [5.41, 5.74) is 1.45. The SMILES string of the molecule is COC(=O)C1=C(C)N(c2cc(Cl)cc(Cl)c2)C(=O)/C1=C\c1c(Cl)cccc1Cl. The van der Waals surface area contributed by atoms with Crippen LogP contribution >= 0.6 is 46.4 Å². The van der Waals surface area contributed by atoms with Crippen molar-refractivity contribution < 1.29 is 14.3 Å². The summed E-state index contributed by atoms with van der Waals surface area (Å²) in [5.74, 6) is -1.11. The Hall–Kier alpha value is -1.98. The number of halogens is 4. The number of amides is 1. The second-order valence-corrected chi connectivity index (χ2v) is 7.60. The highest BCUT2D eigenvalue weighted by Gasteiger charge is 2.38. The Labute approximate surface area is 181 Å². The molecule has 0 atom stereocenters. The molecular formula is C20H13Cl4NO3. The second-order valence-electron chi connectivity index (χ2n) is 5.91. The van der Waals surface area contributed by atoms with Crippen molar-refractivity contribution in [3.05, 3.63) is 78.9 Å². The Morgan fingerprint density at radius 3 is 2.14 bits per heavy atom. The lowest BCUT2D eigenvalue weighted by Crippen LogP contribution is -2.24. The van der Waals surface area contributed by atoms with Crippen LogP contribution in [0.25, 0.3) is 6.08 Å². The normalized spacial score (nSPS) is 15.6. The van der Waals surface area contributed by atoms with E-state index in [0.29, 0.717) is 37.0 Å². The lowest BCUT2D eigenvalue weighted by molar-refractivity contribution is -0.136. The maximum Gasteiger partial charge on any atom is 0.340 e. The van der Waals surface area contributed by atoms with E-state index in [0.717, 1.165) is 0 Å². The minimum atomic E-state index is -0.657. The zero-order chi connectivity index (χ0) is 20.6. The lowest BCUT2D eigenvalue weighted by Gasteiger charge is -2.18. The van der Waals surface area contributed by atoms with E-state index in [1.54, 1.807) is 43.3 Å². The summed E-state index contributed by atoms with van der Waals surface area (Å²) in [6.07, 6.45) is 1.48. The quantitative estimate of drug-likeness (QED) is 0.409. The number of methoxy groups -OCH3 is 1. The van der Waals surface area contributed by atoms with Gasteiger partial charge in [0.05, 0.1) is 23.9 Å². The first-order chi connectivity index (χ1) is 13.2. The largest absolute Gasteiger partial charge is 0.465 e. The minimum absolute atomic E-state index is 0.107. The first-order valence-electron chi connectivity index (χ1n) is 8.00. The van der Waals surface area contributed by atoms with Crippen LogP contribution in [0, 0.1) is 0 Å². The summed E-state index contributed by atoms with van der Waals surface area (Å²) >= 11 is 24.6. The molecule has 2 aromatic rings. The average Bonchev–Trinajstić information content (AvgIpc) is 2.86. The first-order valence-corrected chi connectivity index (χ1v) is 9.51. The standard InChI is InChI=1S/C20H13Cl4NO3/c1-10-18(20(27)28-2)15(9-14-16(23)4-3-5-17(14)24)19(26)25(10)13-7-11(21)6-12(22)8-13/h3-9H,1-2H3/b15-9-. The van der Waals surface area contributed by atoms with E-state index in [1.165, 1.54) is 18.1 Å². The molecule has 0 saturated carbocycles. The predicted molar refractivity (Wildman–Crippen MR) is 113 cm³/mol. The van der Waals surface area contributed by atoms with E-state index < -0.39 is 11.9 Å². The summed E-state index contributed by atoms with van der Waals surface area (Å²) in [5, 5.41) is 1.40. The highest BCUT2D eigenvalue weighted by molar-refractivity contribution is 6.38. The molecule has 144 valence electrons. The van der Waals surface area contributed by atoms with Crippen molar-refractivity contribution in [1.29, 1.82) is 0 Å². The zero-order valence-corrected chi connectivity index (χ0v) is 17.7. The maximum absolute atomic E-state index is 13.2. The number of hydrogen-bond acceptors (Lipinski definition) is 3. The van der Waals surface area contributed by atoms with Crippen molar-refractivity contribution in [2.45, 2.75) is 6.92 Å². The third-order valence-corrected chi connectivity index (χ3v) is 5.28. The van der Waals surface area contributed by atoms with Crippen LogP contribution in [0.5, 0.6) is 0 Å². The minimum Gasteiger partial charge on any atom is -0.465 e.